The molecule has 18 heavy (non-hydrogen) atoms. The Morgan fingerprint density at radius 2 is 2.22 bits per heavy atom. The van der Waals surface area contributed by atoms with Gasteiger partial charge >= 0.3 is 6.09 Å². The summed E-state index contributed by atoms with van der Waals surface area (Å²) in [4.78, 5) is 13.5. The summed E-state index contributed by atoms with van der Waals surface area (Å²) in [6.45, 7) is 2.82. The molecule has 0 aromatic heterocycles. The lowest BCUT2D eigenvalue weighted by molar-refractivity contribution is 0.0407. The van der Waals surface area contributed by atoms with Crippen LogP contribution in [0.15, 0.2) is 30.3 Å². The molecule has 0 spiro atoms. The Labute approximate surface area is 108 Å². The van der Waals surface area contributed by atoms with Crippen LogP contribution >= 0.6 is 0 Å². The Hall–Kier alpha value is -1.55. The summed E-state index contributed by atoms with van der Waals surface area (Å²) in [6.07, 6.45) is 1.72. The smallest absolute Gasteiger partial charge is 0.407 e. The fourth-order valence-corrected chi connectivity index (χ4v) is 2.30. The zero-order valence-electron chi connectivity index (χ0n) is 10.8. The van der Waals surface area contributed by atoms with Crippen LogP contribution in [-0.2, 0) is 11.3 Å². The molecule has 0 radical (unpaired) electrons. The molecule has 1 fully saturated rings. The van der Waals surface area contributed by atoms with E-state index in [1.165, 1.54) is 5.56 Å². The molecule has 1 aliphatic heterocycles. The van der Waals surface area contributed by atoms with Gasteiger partial charge in [0.25, 0.3) is 0 Å². The molecule has 1 saturated heterocycles. The van der Waals surface area contributed by atoms with Crippen molar-refractivity contribution in [2.45, 2.75) is 25.5 Å². The standard InChI is InChI=1S/C14H20N2O2/c1-15-14(17)18-13-8-5-9-16(11-13)10-12-6-3-2-4-7-12/h2-4,6-7,13H,5,8-11H2,1H3,(H,15,17)/t13-/m0/s1. The molecule has 4 heteroatoms. The van der Waals surface area contributed by atoms with Crippen LogP contribution in [0.3, 0.4) is 0 Å². The Kier molecular flexibility index (Phi) is 4.59. The number of amides is 1. The van der Waals surface area contributed by atoms with Crippen molar-refractivity contribution in [2.75, 3.05) is 20.1 Å². The largest absolute Gasteiger partial charge is 0.445 e. The van der Waals surface area contributed by atoms with Crippen molar-refractivity contribution in [3.63, 3.8) is 0 Å². The van der Waals surface area contributed by atoms with E-state index >= 15 is 0 Å². The average molecular weight is 248 g/mol. The van der Waals surface area contributed by atoms with Crippen LogP contribution in [0.5, 0.6) is 0 Å². The number of benzene rings is 1. The third kappa shape index (κ3) is 3.74. The zero-order valence-corrected chi connectivity index (χ0v) is 10.8. The second-order valence-electron chi connectivity index (χ2n) is 4.64. The summed E-state index contributed by atoms with van der Waals surface area (Å²) in [6, 6.07) is 10.4. The van der Waals surface area contributed by atoms with Gasteiger partial charge in [-0.05, 0) is 24.9 Å². The van der Waals surface area contributed by atoms with Gasteiger partial charge < -0.3 is 10.1 Å². The summed E-state index contributed by atoms with van der Waals surface area (Å²) < 4.78 is 5.32. The van der Waals surface area contributed by atoms with Gasteiger partial charge in [0.05, 0.1) is 0 Å². The normalized spacial score (nSPS) is 20.4. The van der Waals surface area contributed by atoms with Crippen molar-refractivity contribution in [3.8, 4) is 0 Å². The molecule has 4 nitrogen and oxygen atoms in total. The number of likely N-dealkylation sites (tertiary alicyclic amines) is 1. The highest BCUT2D eigenvalue weighted by molar-refractivity contribution is 5.66. The number of carbonyl (C=O) groups is 1. The number of ether oxygens (including phenoxy) is 1. The minimum Gasteiger partial charge on any atom is -0.445 e. The first kappa shape index (κ1) is 12.9. The zero-order chi connectivity index (χ0) is 12.8. The highest BCUT2D eigenvalue weighted by atomic mass is 16.6. The van der Waals surface area contributed by atoms with E-state index in [1.807, 2.05) is 6.07 Å². The lowest BCUT2D eigenvalue weighted by atomic mass is 10.1. The van der Waals surface area contributed by atoms with Crippen LogP contribution in [0.4, 0.5) is 4.79 Å². The second-order valence-corrected chi connectivity index (χ2v) is 4.64. The van der Waals surface area contributed by atoms with E-state index < -0.39 is 0 Å². The Bertz CT molecular complexity index is 381. The van der Waals surface area contributed by atoms with Crippen LogP contribution in [0.25, 0.3) is 0 Å². The van der Waals surface area contributed by atoms with Crippen LogP contribution in [0.2, 0.25) is 0 Å². The number of alkyl carbamates (subject to hydrolysis) is 1. The maximum absolute atomic E-state index is 11.2. The average Bonchev–Trinajstić information content (AvgIpc) is 2.40. The van der Waals surface area contributed by atoms with Crippen molar-refractivity contribution < 1.29 is 9.53 Å². The van der Waals surface area contributed by atoms with Gasteiger partial charge in [-0.2, -0.15) is 0 Å². The van der Waals surface area contributed by atoms with Crippen LogP contribution in [0, 0.1) is 0 Å². The highest BCUT2D eigenvalue weighted by Crippen LogP contribution is 2.16. The van der Waals surface area contributed by atoms with Gasteiger partial charge in [0.2, 0.25) is 0 Å². The summed E-state index contributed by atoms with van der Waals surface area (Å²) in [5, 5.41) is 2.50. The molecule has 0 bridgehead atoms. The molecule has 1 aromatic rings. The predicted molar refractivity (Wildman–Crippen MR) is 70.3 cm³/mol. The van der Waals surface area contributed by atoms with Gasteiger partial charge in [-0.15, -0.1) is 0 Å². The lowest BCUT2D eigenvalue weighted by Crippen LogP contribution is -2.41. The number of rotatable bonds is 3. The van der Waals surface area contributed by atoms with E-state index in [1.54, 1.807) is 7.05 Å². The van der Waals surface area contributed by atoms with Gasteiger partial charge in [0.15, 0.2) is 0 Å². The van der Waals surface area contributed by atoms with E-state index in [0.29, 0.717) is 0 Å². The maximum Gasteiger partial charge on any atom is 0.407 e. The molecule has 1 aliphatic rings. The summed E-state index contributed by atoms with van der Waals surface area (Å²) in [7, 11) is 1.59. The second kappa shape index (κ2) is 6.40. The molecular formula is C14H20N2O2. The lowest BCUT2D eigenvalue weighted by Gasteiger charge is -2.32. The molecule has 0 saturated carbocycles. The van der Waals surface area contributed by atoms with Crippen molar-refractivity contribution in [1.29, 1.82) is 0 Å². The molecule has 1 N–H and O–H groups in total. The first-order chi connectivity index (χ1) is 8.78. The molecular weight excluding hydrogens is 228 g/mol. The van der Waals surface area contributed by atoms with Crippen molar-refractivity contribution in [3.05, 3.63) is 35.9 Å². The first-order valence-electron chi connectivity index (χ1n) is 6.42. The maximum atomic E-state index is 11.2. The first-order valence-corrected chi connectivity index (χ1v) is 6.42. The van der Waals surface area contributed by atoms with Crippen LogP contribution in [-0.4, -0.2) is 37.2 Å². The topological polar surface area (TPSA) is 41.6 Å². The van der Waals surface area contributed by atoms with Gasteiger partial charge in [-0.3, -0.25) is 4.90 Å². The molecule has 98 valence electrons. The fourth-order valence-electron chi connectivity index (χ4n) is 2.30. The number of nitrogens with zero attached hydrogens (tertiary/aromatic N) is 1. The fraction of sp³-hybridized carbons (Fsp3) is 0.500. The van der Waals surface area contributed by atoms with Crippen LogP contribution in [0.1, 0.15) is 18.4 Å². The number of nitrogens with one attached hydrogen (secondary N) is 1. The van der Waals surface area contributed by atoms with Gasteiger partial charge in [0.1, 0.15) is 6.10 Å². The van der Waals surface area contributed by atoms with E-state index in [0.717, 1.165) is 32.5 Å². The SMILES string of the molecule is CNC(=O)O[C@H]1CCCN(Cc2ccccc2)C1. The molecule has 1 aromatic carbocycles. The summed E-state index contributed by atoms with van der Waals surface area (Å²) in [5.41, 5.74) is 1.30. The van der Waals surface area contributed by atoms with Gasteiger partial charge in [0, 0.05) is 20.1 Å². The third-order valence-corrected chi connectivity index (χ3v) is 3.19. The van der Waals surface area contributed by atoms with Gasteiger partial charge in [-0.1, -0.05) is 30.3 Å². The number of hydrogen-bond donors (Lipinski definition) is 1. The molecule has 1 heterocycles. The third-order valence-electron chi connectivity index (χ3n) is 3.19. The monoisotopic (exact) mass is 248 g/mol. The summed E-state index contributed by atoms with van der Waals surface area (Å²) >= 11 is 0. The molecule has 0 unspecified atom stereocenters. The minimum atomic E-state index is -0.332. The number of carbonyl (C=O) groups excluding carboxylic acids is 1. The Morgan fingerprint density at radius 1 is 1.44 bits per heavy atom. The van der Waals surface area contributed by atoms with E-state index in [9.17, 15) is 4.79 Å². The van der Waals surface area contributed by atoms with E-state index in [4.69, 9.17) is 4.74 Å². The molecule has 1 amide bonds. The van der Waals surface area contributed by atoms with Gasteiger partial charge in [-0.25, -0.2) is 4.79 Å². The molecule has 1 atom stereocenters. The Balaban J connectivity index is 1.85. The van der Waals surface area contributed by atoms with Crippen molar-refractivity contribution in [1.82, 2.24) is 10.2 Å². The highest BCUT2D eigenvalue weighted by Gasteiger charge is 2.22. The van der Waals surface area contributed by atoms with Crippen LogP contribution < -0.4 is 5.32 Å². The van der Waals surface area contributed by atoms with Crippen molar-refractivity contribution >= 4 is 6.09 Å². The molecule has 0 aliphatic carbocycles. The van der Waals surface area contributed by atoms with E-state index in [2.05, 4.69) is 34.5 Å². The predicted octanol–water partition coefficient (Wildman–Crippen LogP) is 2.01. The summed E-state index contributed by atoms with van der Waals surface area (Å²) in [5.74, 6) is 0. The number of hydrogen-bond acceptors (Lipinski definition) is 3. The quantitative estimate of drug-likeness (QED) is 0.889. The van der Waals surface area contributed by atoms with Crippen molar-refractivity contribution in [2.24, 2.45) is 0 Å². The Morgan fingerprint density at radius 3 is 2.94 bits per heavy atom. The van der Waals surface area contributed by atoms with E-state index in [-0.39, 0.29) is 12.2 Å². The minimum absolute atomic E-state index is 0.0161. The number of piperidine rings is 1. The molecule has 2 rings (SSSR count).